The average Bonchev–Trinajstić information content (AvgIpc) is 3.11. The van der Waals surface area contributed by atoms with Gasteiger partial charge in [0.25, 0.3) is 5.91 Å². The van der Waals surface area contributed by atoms with Crippen LogP contribution in [0.25, 0.3) is 0 Å². The van der Waals surface area contributed by atoms with Gasteiger partial charge in [-0.2, -0.15) is 5.10 Å². The Morgan fingerprint density at radius 1 is 0.962 bits per heavy atom. The second-order valence-corrected chi connectivity index (χ2v) is 7.24. The van der Waals surface area contributed by atoms with Crippen molar-refractivity contribution in [3.8, 4) is 0 Å². The van der Waals surface area contributed by atoms with Gasteiger partial charge in [0.15, 0.2) is 5.60 Å². The van der Waals surface area contributed by atoms with Gasteiger partial charge in [0.2, 0.25) is 0 Å². The zero-order valence-electron chi connectivity index (χ0n) is 15.2. The maximum atomic E-state index is 13.1. The van der Waals surface area contributed by atoms with E-state index in [0.29, 0.717) is 16.8 Å². The van der Waals surface area contributed by atoms with Gasteiger partial charge in [-0.1, -0.05) is 60.7 Å². The van der Waals surface area contributed by atoms with Gasteiger partial charge in [-0.05, 0) is 31.9 Å². The maximum Gasteiger partial charge on any atom is 0.265 e. The van der Waals surface area contributed by atoms with E-state index in [9.17, 15) is 9.90 Å². The van der Waals surface area contributed by atoms with Crippen molar-refractivity contribution in [2.45, 2.75) is 31.9 Å². The summed E-state index contributed by atoms with van der Waals surface area (Å²) in [5.74, 6) is -0.525. The summed E-state index contributed by atoms with van der Waals surface area (Å²) >= 11 is 0. The summed E-state index contributed by atoms with van der Waals surface area (Å²) in [6, 6.07) is 17.9. The van der Waals surface area contributed by atoms with Crippen LogP contribution in [0.4, 0.5) is 5.69 Å². The van der Waals surface area contributed by atoms with Gasteiger partial charge in [0.1, 0.15) is 0 Å². The van der Waals surface area contributed by atoms with Crippen LogP contribution in [-0.2, 0) is 15.9 Å². The number of nitrogens with zero attached hydrogens (tertiary/aromatic N) is 2. The number of carbonyl (C=O) groups excluding carboxylic acids is 1. The molecule has 5 heteroatoms. The van der Waals surface area contributed by atoms with Crippen LogP contribution in [0.15, 0.2) is 73.1 Å². The lowest BCUT2D eigenvalue weighted by Gasteiger charge is -2.27. The number of rotatable bonds is 4. The number of nitrogens with one attached hydrogen (secondary N) is 1. The fraction of sp³-hybridized carbons (Fsp3) is 0.238. The van der Waals surface area contributed by atoms with Crippen molar-refractivity contribution in [1.29, 1.82) is 0 Å². The molecule has 0 fully saturated rings. The van der Waals surface area contributed by atoms with Crippen molar-refractivity contribution in [2.24, 2.45) is 0 Å². The Balaban J connectivity index is 1.98. The smallest absolute Gasteiger partial charge is 0.265 e. The number of aliphatic hydroxyl groups is 1. The number of hydrogen-bond donors (Lipinski definition) is 2. The van der Waals surface area contributed by atoms with Crippen LogP contribution in [0.2, 0.25) is 0 Å². The number of benzene rings is 2. The van der Waals surface area contributed by atoms with Crippen LogP contribution >= 0.6 is 0 Å². The van der Waals surface area contributed by atoms with Crippen LogP contribution in [0.3, 0.4) is 0 Å². The number of anilines is 1. The number of hydrogen-bond acceptors (Lipinski definition) is 3. The summed E-state index contributed by atoms with van der Waals surface area (Å²) in [6.07, 6.45) is 3.34. The molecule has 5 nitrogen and oxygen atoms in total. The molecule has 0 atom stereocenters. The number of amides is 1. The molecule has 0 bridgehead atoms. The third kappa shape index (κ3) is 3.39. The van der Waals surface area contributed by atoms with Gasteiger partial charge in [0, 0.05) is 6.20 Å². The van der Waals surface area contributed by atoms with Gasteiger partial charge >= 0.3 is 0 Å². The Morgan fingerprint density at radius 3 is 1.88 bits per heavy atom. The normalized spacial score (nSPS) is 12.0. The summed E-state index contributed by atoms with van der Waals surface area (Å²) in [5.41, 5.74) is -0.446. The molecule has 0 aliphatic heterocycles. The quantitative estimate of drug-likeness (QED) is 0.757. The Hall–Kier alpha value is -2.92. The van der Waals surface area contributed by atoms with Crippen LogP contribution in [-0.4, -0.2) is 20.8 Å². The first-order valence-corrected chi connectivity index (χ1v) is 8.52. The molecule has 0 saturated carbocycles. The Bertz CT molecular complexity index is 841. The molecule has 3 rings (SSSR count). The van der Waals surface area contributed by atoms with Gasteiger partial charge in [-0.15, -0.1) is 0 Å². The Morgan fingerprint density at radius 2 is 1.46 bits per heavy atom. The Labute approximate surface area is 153 Å². The minimum atomic E-state index is -1.80. The van der Waals surface area contributed by atoms with Gasteiger partial charge in [-0.3, -0.25) is 9.48 Å². The molecule has 0 saturated heterocycles. The van der Waals surface area contributed by atoms with Crippen LogP contribution in [0, 0.1) is 0 Å². The summed E-state index contributed by atoms with van der Waals surface area (Å²) < 4.78 is 1.77. The third-order valence-electron chi connectivity index (χ3n) is 4.24. The van der Waals surface area contributed by atoms with Crippen molar-refractivity contribution in [2.75, 3.05) is 5.32 Å². The van der Waals surface area contributed by atoms with E-state index in [0.717, 1.165) is 0 Å². The largest absolute Gasteiger partial charge is 0.372 e. The van der Waals surface area contributed by atoms with Crippen molar-refractivity contribution < 1.29 is 9.90 Å². The fourth-order valence-corrected chi connectivity index (χ4v) is 2.76. The third-order valence-corrected chi connectivity index (χ3v) is 4.24. The number of aromatic nitrogens is 2. The standard InChI is InChI=1S/C21H23N3O2/c1-20(2,3)24-15-18(14-22-24)23-19(25)21(26,16-10-6-4-7-11-16)17-12-8-5-9-13-17/h4-15,26H,1-3H3,(H,23,25). The molecule has 3 aromatic rings. The van der Waals surface area contributed by atoms with E-state index in [1.807, 2.05) is 32.9 Å². The molecular weight excluding hydrogens is 326 g/mol. The maximum absolute atomic E-state index is 13.1. The molecule has 1 aromatic heterocycles. The van der Waals surface area contributed by atoms with E-state index in [4.69, 9.17) is 0 Å². The minimum absolute atomic E-state index is 0.196. The van der Waals surface area contributed by atoms with E-state index < -0.39 is 11.5 Å². The molecule has 0 aliphatic rings. The Kier molecular flexibility index (Phi) is 4.66. The van der Waals surface area contributed by atoms with Crippen molar-refractivity contribution in [3.05, 3.63) is 84.2 Å². The lowest BCUT2D eigenvalue weighted by Crippen LogP contribution is -2.41. The second-order valence-electron chi connectivity index (χ2n) is 7.24. The van der Waals surface area contributed by atoms with Crippen molar-refractivity contribution in [3.63, 3.8) is 0 Å². The van der Waals surface area contributed by atoms with E-state index >= 15 is 0 Å². The van der Waals surface area contributed by atoms with E-state index in [2.05, 4.69) is 10.4 Å². The van der Waals surface area contributed by atoms with E-state index in [1.165, 1.54) is 0 Å². The monoisotopic (exact) mass is 349 g/mol. The predicted octanol–water partition coefficient (Wildman–Crippen LogP) is 3.51. The topological polar surface area (TPSA) is 67.2 Å². The molecule has 134 valence electrons. The summed E-state index contributed by atoms with van der Waals surface area (Å²) in [4.78, 5) is 13.1. The highest BCUT2D eigenvalue weighted by molar-refractivity contribution is 6.00. The molecule has 0 unspecified atom stereocenters. The van der Waals surface area contributed by atoms with Crippen LogP contribution < -0.4 is 5.32 Å². The van der Waals surface area contributed by atoms with Crippen molar-refractivity contribution >= 4 is 11.6 Å². The minimum Gasteiger partial charge on any atom is -0.372 e. The molecule has 1 amide bonds. The molecule has 0 aliphatic carbocycles. The summed E-state index contributed by atoms with van der Waals surface area (Å²) in [7, 11) is 0. The fourth-order valence-electron chi connectivity index (χ4n) is 2.76. The molecular formula is C21H23N3O2. The van der Waals surface area contributed by atoms with E-state index in [1.54, 1.807) is 65.6 Å². The molecule has 2 aromatic carbocycles. The zero-order valence-corrected chi connectivity index (χ0v) is 15.2. The van der Waals surface area contributed by atoms with Crippen LogP contribution in [0.1, 0.15) is 31.9 Å². The first-order chi connectivity index (χ1) is 12.3. The molecule has 1 heterocycles. The lowest BCUT2D eigenvalue weighted by molar-refractivity contribution is -0.131. The SMILES string of the molecule is CC(C)(C)n1cc(NC(=O)C(O)(c2ccccc2)c2ccccc2)cn1. The first kappa shape index (κ1) is 17.9. The van der Waals surface area contributed by atoms with Gasteiger partial charge in [0.05, 0.1) is 17.4 Å². The summed E-state index contributed by atoms with van der Waals surface area (Å²) in [5, 5.41) is 18.5. The van der Waals surface area contributed by atoms with Crippen LogP contribution in [0.5, 0.6) is 0 Å². The predicted molar refractivity (Wildman–Crippen MR) is 102 cm³/mol. The second kappa shape index (κ2) is 6.77. The first-order valence-electron chi connectivity index (χ1n) is 8.52. The van der Waals surface area contributed by atoms with E-state index in [-0.39, 0.29) is 5.54 Å². The van der Waals surface area contributed by atoms with Gasteiger partial charge in [-0.25, -0.2) is 0 Å². The molecule has 0 spiro atoms. The molecule has 26 heavy (non-hydrogen) atoms. The molecule has 0 radical (unpaired) electrons. The highest BCUT2D eigenvalue weighted by atomic mass is 16.3. The van der Waals surface area contributed by atoms with Crippen molar-refractivity contribution in [1.82, 2.24) is 9.78 Å². The van der Waals surface area contributed by atoms with Gasteiger partial charge < -0.3 is 10.4 Å². The zero-order chi connectivity index (χ0) is 18.8. The number of carbonyl (C=O) groups is 1. The molecule has 2 N–H and O–H groups in total. The highest BCUT2D eigenvalue weighted by Gasteiger charge is 2.40. The summed E-state index contributed by atoms with van der Waals surface area (Å²) in [6.45, 7) is 6.07. The lowest BCUT2D eigenvalue weighted by atomic mass is 9.85. The average molecular weight is 349 g/mol. The highest BCUT2D eigenvalue weighted by Crippen LogP contribution is 2.31.